The van der Waals surface area contributed by atoms with Crippen molar-refractivity contribution in [3.63, 3.8) is 0 Å². The van der Waals surface area contributed by atoms with Crippen LogP contribution in [-0.4, -0.2) is 18.3 Å². The molecule has 21 heavy (non-hydrogen) atoms. The van der Waals surface area contributed by atoms with Crippen molar-refractivity contribution >= 4 is 5.91 Å². The number of ether oxygens (including phenoxy) is 1. The molecule has 0 bridgehead atoms. The van der Waals surface area contributed by atoms with Crippen LogP contribution in [-0.2, 0) is 0 Å². The van der Waals surface area contributed by atoms with Gasteiger partial charge in [0.2, 0.25) is 0 Å². The minimum Gasteiger partial charge on any atom is -0.406 e. The first-order valence-corrected chi connectivity index (χ1v) is 7.02. The number of amides is 1. The van der Waals surface area contributed by atoms with Crippen molar-refractivity contribution in [2.24, 2.45) is 5.92 Å². The highest BCUT2D eigenvalue weighted by molar-refractivity contribution is 5.94. The first-order chi connectivity index (χ1) is 9.85. The van der Waals surface area contributed by atoms with Crippen LogP contribution in [0, 0.1) is 5.92 Å². The molecule has 1 aliphatic rings. The molecule has 1 amide bonds. The molecule has 3 nitrogen and oxygen atoms in total. The Hall–Kier alpha value is -1.72. The maximum atomic E-state index is 12.1. The number of carbonyl (C=O) groups excluding carboxylic acids is 1. The molecular formula is C15H18F3NO2. The van der Waals surface area contributed by atoms with Gasteiger partial charge in [-0.2, -0.15) is 0 Å². The number of halogens is 3. The molecule has 2 atom stereocenters. The number of rotatable bonds is 3. The van der Waals surface area contributed by atoms with Gasteiger partial charge in [-0.15, -0.1) is 13.2 Å². The third-order valence-corrected chi connectivity index (χ3v) is 3.78. The second-order valence-electron chi connectivity index (χ2n) is 5.41. The fraction of sp³-hybridized carbons (Fsp3) is 0.533. The van der Waals surface area contributed by atoms with E-state index >= 15 is 0 Å². The summed E-state index contributed by atoms with van der Waals surface area (Å²) in [5, 5.41) is 2.95. The number of alkyl halides is 3. The molecule has 0 unspecified atom stereocenters. The molecule has 2 rings (SSSR count). The van der Waals surface area contributed by atoms with Gasteiger partial charge in [0.1, 0.15) is 5.75 Å². The molecule has 1 aromatic carbocycles. The van der Waals surface area contributed by atoms with Crippen molar-refractivity contribution in [1.82, 2.24) is 5.32 Å². The van der Waals surface area contributed by atoms with Gasteiger partial charge >= 0.3 is 6.36 Å². The highest BCUT2D eigenvalue weighted by atomic mass is 19.4. The molecule has 1 aromatic rings. The Labute approximate surface area is 121 Å². The van der Waals surface area contributed by atoms with Gasteiger partial charge in [0.15, 0.2) is 0 Å². The van der Waals surface area contributed by atoms with Crippen LogP contribution in [0.1, 0.15) is 43.0 Å². The molecule has 6 heteroatoms. The van der Waals surface area contributed by atoms with E-state index in [1.165, 1.54) is 18.6 Å². The summed E-state index contributed by atoms with van der Waals surface area (Å²) in [6, 6.07) is 5.10. The quantitative estimate of drug-likeness (QED) is 0.919. The van der Waals surface area contributed by atoms with Crippen molar-refractivity contribution < 1.29 is 22.7 Å². The molecule has 0 saturated heterocycles. The number of benzene rings is 1. The third-order valence-electron chi connectivity index (χ3n) is 3.78. The van der Waals surface area contributed by atoms with Crippen LogP contribution in [0.15, 0.2) is 24.3 Å². The van der Waals surface area contributed by atoms with E-state index in [4.69, 9.17) is 0 Å². The lowest BCUT2D eigenvalue weighted by Crippen LogP contribution is -2.41. The Morgan fingerprint density at radius 2 is 1.81 bits per heavy atom. The van der Waals surface area contributed by atoms with Gasteiger partial charge in [0.05, 0.1) is 0 Å². The Morgan fingerprint density at radius 1 is 1.19 bits per heavy atom. The lowest BCUT2D eigenvalue weighted by Gasteiger charge is -2.29. The van der Waals surface area contributed by atoms with Crippen LogP contribution in [0.25, 0.3) is 0 Å². The maximum Gasteiger partial charge on any atom is 0.573 e. The normalized spacial score (nSPS) is 22.7. The van der Waals surface area contributed by atoms with Gasteiger partial charge in [0, 0.05) is 11.6 Å². The minimum absolute atomic E-state index is 0.136. The lowest BCUT2D eigenvalue weighted by atomic mass is 9.86. The monoisotopic (exact) mass is 301 g/mol. The Balaban J connectivity index is 1.96. The SMILES string of the molecule is C[C@@H]1CCCC[C@H]1NC(=O)c1ccc(OC(F)(F)F)cc1. The Kier molecular flexibility index (Phi) is 4.75. The average Bonchev–Trinajstić information content (AvgIpc) is 2.40. The molecule has 0 spiro atoms. The number of hydrogen-bond donors (Lipinski definition) is 1. The first kappa shape index (κ1) is 15.7. The highest BCUT2D eigenvalue weighted by Crippen LogP contribution is 2.25. The average molecular weight is 301 g/mol. The van der Waals surface area contributed by atoms with Crippen molar-refractivity contribution in [2.45, 2.75) is 45.0 Å². The van der Waals surface area contributed by atoms with Gasteiger partial charge in [-0.05, 0) is 43.0 Å². The largest absolute Gasteiger partial charge is 0.573 e. The smallest absolute Gasteiger partial charge is 0.406 e. The van der Waals surface area contributed by atoms with Gasteiger partial charge < -0.3 is 10.1 Å². The van der Waals surface area contributed by atoms with Gasteiger partial charge in [-0.1, -0.05) is 19.8 Å². The van der Waals surface area contributed by atoms with Crippen LogP contribution >= 0.6 is 0 Å². The molecule has 1 aliphatic carbocycles. The molecule has 1 fully saturated rings. The minimum atomic E-state index is -4.72. The zero-order chi connectivity index (χ0) is 15.5. The van der Waals surface area contributed by atoms with E-state index in [0.29, 0.717) is 11.5 Å². The fourth-order valence-electron chi connectivity index (χ4n) is 2.59. The van der Waals surface area contributed by atoms with Crippen LogP contribution in [0.2, 0.25) is 0 Å². The van der Waals surface area contributed by atoms with E-state index < -0.39 is 6.36 Å². The predicted molar refractivity (Wildman–Crippen MR) is 72.0 cm³/mol. The van der Waals surface area contributed by atoms with E-state index in [1.54, 1.807) is 0 Å². The zero-order valence-corrected chi connectivity index (χ0v) is 11.7. The third kappa shape index (κ3) is 4.65. The van der Waals surface area contributed by atoms with Crippen LogP contribution in [0.3, 0.4) is 0 Å². The van der Waals surface area contributed by atoms with Gasteiger partial charge in [-0.3, -0.25) is 4.79 Å². The molecule has 0 aliphatic heterocycles. The van der Waals surface area contributed by atoms with Crippen molar-refractivity contribution in [3.8, 4) is 5.75 Å². The highest BCUT2D eigenvalue weighted by Gasteiger charge is 2.31. The summed E-state index contributed by atoms with van der Waals surface area (Å²) < 4.78 is 39.9. The standard InChI is InChI=1S/C15H18F3NO2/c1-10-4-2-3-5-13(10)19-14(20)11-6-8-12(9-7-11)21-15(16,17)18/h6-10,13H,2-5H2,1H3,(H,19,20)/t10-,13-/m1/s1. The number of nitrogens with one attached hydrogen (secondary N) is 1. The molecule has 0 heterocycles. The summed E-state index contributed by atoms with van der Waals surface area (Å²) in [7, 11) is 0. The lowest BCUT2D eigenvalue weighted by molar-refractivity contribution is -0.274. The molecule has 1 N–H and O–H groups in total. The summed E-state index contributed by atoms with van der Waals surface area (Å²) in [6.07, 6.45) is -0.419. The van der Waals surface area contributed by atoms with E-state index in [9.17, 15) is 18.0 Å². The first-order valence-electron chi connectivity index (χ1n) is 7.02. The van der Waals surface area contributed by atoms with E-state index in [-0.39, 0.29) is 17.7 Å². The number of carbonyl (C=O) groups is 1. The summed E-state index contributed by atoms with van der Waals surface area (Å²) in [6.45, 7) is 2.10. The summed E-state index contributed by atoms with van der Waals surface area (Å²) in [5.74, 6) is -0.159. The van der Waals surface area contributed by atoms with E-state index in [2.05, 4.69) is 17.0 Å². The second-order valence-corrected chi connectivity index (χ2v) is 5.41. The maximum absolute atomic E-state index is 12.1. The van der Waals surface area contributed by atoms with Crippen molar-refractivity contribution in [3.05, 3.63) is 29.8 Å². The summed E-state index contributed by atoms with van der Waals surface area (Å²) in [4.78, 5) is 12.1. The van der Waals surface area contributed by atoms with Crippen molar-refractivity contribution in [2.75, 3.05) is 0 Å². The van der Waals surface area contributed by atoms with E-state index in [1.807, 2.05) is 0 Å². The molecular weight excluding hydrogens is 283 g/mol. The van der Waals surface area contributed by atoms with Crippen molar-refractivity contribution in [1.29, 1.82) is 0 Å². The summed E-state index contributed by atoms with van der Waals surface area (Å²) >= 11 is 0. The topological polar surface area (TPSA) is 38.3 Å². The van der Waals surface area contributed by atoms with Gasteiger partial charge in [-0.25, -0.2) is 0 Å². The Morgan fingerprint density at radius 3 is 2.38 bits per heavy atom. The molecule has 116 valence electrons. The second kappa shape index (κ2) is 6.37. The number of hydrogen-bond acceptors (Lipinski definition) is 2. The van der Waals surface area contributed by atoms with Crippen LogP contribution < -0.4 is 10.1 Å². The molecule has 1 saturated carbocycles. The van der Waals surface area contributed by atoms with Gasteiger partial charge in [0.25, 0.3) is 5.91 Å². The summed E-state index contributed by atoms with van der Waals surface area (Å²) in [5.41, 5.74) is 0.335. The predicted octanol–water partition coefficient (Wildman–Crippen LogP) is 3.89. The van der Waals surface area contributed by atoms with Crippen LogP contribution in [0.5, 0.6) is 5.75 Å². The Bertz CT molecular complexity index is 485. The fourth-order valence-corrected chi connectivity index (χ4v) is 2.59. The van der Waals surface area contributed by atoms with Crippen LogP contribution in [0.4, 0.5) is 13.2 Å². The zero-order valence-electron chi connectivity index (χ0n) is 11.7. The van der Waals surface area contributed by atoms with E-state index in [0.717, 1.165) is 31.4 Å². The molecule has 0 radical (unpaired) electrons. The molecule has 0 aromatic heterocycles.